The Morgan fingerprint density at radius 2 is 1.00 bits per heavy atom. The Labute approximate surface area is 132 Å². The maximum absolute atomic E-state index is 2.21. The van der Waals surface area contributed by atoms with Gasteiger partial charge in [-0.1, -0.05) is 90.5 Å². The Morgan fingerprint density at radius 1 is 0.545 bits per heavy atom. The van der Waals surface area contributed by atoms with Gasteiger partial charge in [-0.2, -0.15) is 0 Å². The molecule has 0 atom stereocenters. The van der Waals surface area contributed by atoms with Gasteiger partial charge in [0.1, 0.15) is 0 Å². The van der Waals surface area contributed by atoms with Crippen molar-refractivity contribution in [1.29, 1.82) is 0 Å². The Morgan fingerprint density at radius 3 is 1.45 bits per heavy atom. The normalized spacial score (nSPS) is 10.3. The lowest BCUT2D eigenvalue weighted by molar-refractivity contribution is 1.44. The molecule has 0 nitrogen and oxygen atoms in total. The molecule has 0 fully saturated rings. The topological polar surface area (TPSA) is 0 Å². The van der Waals surface area contributed by atoms with Crippen molar-refractivity contribution < 1.29 is 0 Å². The average molecular weight is 284 g/mol. The molecule has 0 saturated carbocycles. The summed E-state index contributed by atoms with van der Waals surface area (Å²) in [6.07, 6.45) is 0. The van der Waals surface area contributed by atoms with Crippen LogP contribution in [0, 0.1) is 6.92 Å². The molecule has 0 radical (unpaired) electrons. The standard InChI is InChI=1S/C22H20/c1-17-13-15-19(16-14-17)18(2)22(20-9-5-3-6-10-20)21-11-7-4-8-12-21/h3-16H,1-2H3. The van der Waals surface area contributed by atoms with Gasteiger partial charge in [0, 0.05) is 0 Å². The molecule has 0 aliphatic rings. The number of aryl methyl sites for hydroxylation is 1. The first-order valence-corrected chi connectivity index (χ1v) is 7.64. The maximum atomic E-state index is 2.21. The monoisotopic (exact) mass is 284 g/mol. The smallest absolute Gasteiger partial charge is 0.00762 e. The van der Waals surface area contributed by atoms with Crippen LogP contribution in [0.1, 0.15) is 29.2 Å². The molecule has 0 bridgehead atoms. The van der Waals surface area contributed by atoms with Crippen LogP contribution in [0.5, 0.6) is 0 Å². The minimum atomic E-state index is 1.26. The van der Waals surface area contributed by atoms with Crippen molar-refractivity contribution in [1.82, 2.24) is 0 Å². The van der Waals surface area contributed by atoms with Crippen LogP contribution >= 0.6 is 0 Å². The highest BCUT2D eigenvalue weighted by Gasteiger charge is 2.10. The number of hydrogen-bond donors (Lipinski definition) is 0. The first-order chi connectivity index (χ1) is 10.8. The summed E-state index contributed by atoms with van der Waals surface area (Å²) < 4.78 is 0. The van der Waals surface area contributed by atoms with E-state index in [-0.39, 0.29) is 0 Å². The number of hydrogen-bond acceptors (Lipinski definition) is 0. The Kier molecular flexibility index (Phi) is 4.20. The van der Waals surface area contributed by atoms with Gasteiger partial charge in [-0.3, -0.25) is 0 Å². The summed E-state index contributed by atoms with van der Waals surface area (Å²) in [5.74, 6) is 0. The summed E-state index contributed by atoms with van der Waals surface area (Å²) in [5.41, 5.74) is 7.67. The highest BCUT2D eigenvalue weighted by Crippen LogP contribution is 2.31. The number of benzene rings is 3. The second-order valence-corrected chi connectivity index (χ2v) is 5.60. The van der Waals surface area contributed by atoms with E-state index in [2.05, 4.69) is 98.8 Å². The van der Waals surface area contributed by atoms with Crippen molar-refractivity contribution in [2.24, 2.45) is 0 Å². The molecule has 0 aliphatic heterocycles. The first kappa shape index (κ1) is 14.3. The van der Waals surface area contributed by atoms with E-state index in [9.17, 15) is 0 Å². The molecular weight excluding hydrogens is 264 g/mol. The third kappa shape index (κ3) is 3.01. The predicted octanol–water partition coefficient (Wildman–Crippen LogP) is 5.97. The first-order valence-electron chi connectivity index (χ1n) is 7.64. The number of allylic oxidation sites excluding steroid dienone is 1. The van der Waals surface area contributed by atoms with E-state index < -0.39 is 0 Å². The summed E-state index contributed by atoms with van der Waals surface area (Å²) in [4.78, 5) is 0. The van der Waals surface area contributed by atoms with E-state index in [4.69, 9.17) is 0 Å². The molecule has 0 heterocycles. The minimum absolute atomic E-state index is 1.26. The van der Waals surface area contributed by atoms with Gasteiger partial charge in [-0.05, 0) is 41.7 Å². The summed E-state index contributed by atoms with van der Waals surface area (Å²) >= 11 is 0. The molecule has 3 aromatic rings. The van der Waals surface area contributed by atoms with Crippen LogP contribution in [-0.2, 0) is 0 Å². The van der Waals surface area contributed by atoms with Crippen LogP contribution in [-0.4, -0.2) is 0 Å². The summed E-state index contributed by atoms with van der Waals surface area (Å²) in [6, 6.07) is 30.0. The van der Waals surface area contributed by atoms with Crippen molar-refractivity contribution in [2.45, 2.75) is 13.8 Å². The highest BCUT2D eigenvalue weighted by atomic mass is 14.1. The molecule has 0 N–H and O–H groups in total. The molecule has 108 valence electrons. The highest BCUT2D eigenvalue weighted by molar-refractivity contribution is 5.97. The van der Waals surface area contributed by atoms with Gasteiger partial charge in [0.15, 0.2) is 0 Å². The van der Waals surface area contributed by atoms with Gasteiger partial charge in [-0.15, -0.1) is 0 Å². The molecule has 0 heteroatoms. The van der Waals surface area contributed by atoms with Crippen LogP contribution < -0.4 is 0 Å². The third-order valence-electron chi connectivity index (χ3n) is 3.98. The van der Waals surface area contributed by atoms with E-state index in [1.807, 2.05) is 0 Å². The molecule has 3 rings (SSSR count). The van der Waals surface area contributed by atoms with Crippen LogP contribution in [0.2, 0.25) is 0 Å². The van der Waals surface area contributed by atoms with E-state index >= 15 is 0 Å². The van der Waals surface area contributed by atoms with Crippen LogP contribution in [0.15, 0.2) is 84.9 Å². The van der Waals surface area contributed by atoms with Crippen molar-refractivity contribution in [2.75, 3.05) is 0 Å². The second-order valence-electron chi connectivity index (χ2n) is 5.60. The third-order valence-corrected chi connectivity index (χ3v) is 3.98. The molecule has 0 spiro atoms. The van der Waals surface area contributed by atoms with Gasteiger partial charge in [-0.25, -0.2) is 0 Å². The zero-order valence-corrected chi connectivity index (χ0v) is 13.1. The largest absolute Gasteiger partial charge is 0.0622 e. The molecule has 0 unspecified atom stereocenters. The molecule has 3 aromatic carbocycles. The van der Waals surface area contributed by atoms with Gasteiger partial charge < -0.3 is 0 Å². The summed E-state index contributed by atoms with van der Waals surface area (Å²) in [5, 5.41) is 0. The molecule has 0 aliphatic carbocycles. The second kappa shape index (κ2) is 6.44. The van der Waals surface area contributed by atoms with Crippen molar-refractivity contribution in [3.8, 4) is 0 Å². The van der Waals surface area contributed by atoms with Crippen molar-refractivity contribution in [3.63, 3.8) is 0 Å². The van der Waals surface area contributed by atoms with Gasteiger partial charge >= 0.3 is 0 Å². The SMILES string of the molecule is CC(=C(c1ccccc1)c1ccccc1)c1ccc(C)cc1. The fourth-order valence-electron chi connectivity index (χ4n) is 2.76. The minimum Gasteiger partial charge on any atom is -0.0622 e. The van der Waals surface area contributed by atoms with Crippen LogP contribution in [0.25, 0.3) is 11.1 Å². The van der Waals surface area contributed by atoms with Gasteiger partial charge in [0.05, 0.1) is 0 Å². The van der Waals surface area contributed by atoms with E-state index in [0.29, 0.717) is 0 Å². The predicted molar refractivity (Wildman–Crippen MR) is 95.7 cm³/mol. The number of rotatable bonds is 3. The summed E-state index contributed by atoms with van der Waals surface area (Å²) in [6.45, 7) is 4.33. The average Bonchev–Trinajstić information content (AvgIpc) is 2.57. The molecule has 22 heavy (non-hydrogen) atoms. The Balaban J connectivity index is 2.21. The quantitative estimate of drug-likeness (QED) is 0.519. The van der Waals surface area contributed by atoms with Gasteiger partial charge in [0.25, 0.3) is 0 Å². The maximum Gasteiger partial charge on any atom is -0.00762 e. The molecule has 0 saturated heterocycles. The molecule has 0 aromatic heterocycles. The fraction of sp³-hybridized carbons (Fsp3) is 0.0909. The lowest BCUT2D eigenvalue weighted by Crippen LogP contribution is -1.92. The van der Waals surface area contributed by atoms with E-state index in [1.165, 1.54) is 33.4 Å². The van der Waals surface area contributed by atoms with E-state index in [1.54, 1.807) is 0 Å². The molecule has 0 amide bonds. The summed E-state index contributed by atoms with van der Waals surface area (Å²) in [7, 11) is 0. The Hall–Kier alpha value is -2.60. The lowest BCUT2D eigenvalue weighted by atomic mass is 9.90. The van der Waals surface area contributed by atoms with Crippen molar-refractivity contribution in [3.05, 3.63) is 107 Å². The fourth-order valence-corrected chi connectivity index (χ4v) is 2.76. The Bertz CT molecular complexity index is 722. The van der Waals surface area contributed by atoms with Gasteiger partial charge in [0.2, 0.25) is 0 Å². The lowest BCUT2D eigenvalue weighted by Gasteiger charge is -2.14. The molecular formula is C22H20. The van der Waals surface area contributed by atoms with E-state index in [0.717, 1.165) is 0 Å². The van der Waals surface area contributed by atoms with Crippen LogP contribution in [0.4, 0.5) is 0 Å². The zero-order chi connectivity index (χ0) is 15.4. The zero-order valence-electron chi connectivity index (χ0n) is 13.1. The van der Waals surface area contributed by atoms with Crippen molar-refractivity contribution >= 4 is 11.1 Å². The van der Waals surface area contributed by atoms with Crippen LogP contribution in [0.3, 0.4) is 0 Å².